The molecule has 8 heteroatoms. The fourth-order valence-electron chi connectivity index (χ4n) is 2.86. The number of methoxy groups -OCH3 is 1. The number of aromatic nitrogens is 3. The van der Waals surface area contributed by atoms with Crippen molar-refractivity contribution in [1.82, 2.24) is 14.5 Å². The lowest BCUT2D eigenvalue weighted by Gasteiger charge is -2.24. The summed E-state index contributed by atoms with van der Waals surface area (Å²) in [6.07, 6.45) is 0.912. The van der Waals surface area contributed by atoms with E-state index in [1.807, 2.05) is 29.6 Å². The number of rotatable bonds is 4. The van der Waals surface area contributed by atoms with Crippen LogP contribution in [0, 0.1) is 0 Å². The summed E-state index contributed by atoms with van der Waals surface area (Å²) in [6, 6.07) is 7.79. The topological polar surface area (TPSA) is 90.1 Å². The molecule has 3 heterocycles. The van der Waals surface area contributed by atoms with Gasteiger partial charge in [-0.3, -0.25) is 4.79 Å². The third-order valence-corrected chi connectivity index (χ3v) is 4.58. The molecule has 0 fully saturated rings. The second kappa shape index (κ2) is 6.04. The molecule has 0 aliphatic carbocycles. The first kappa shape index (κ1) is 14.8. The Morgan fingerprint density at radius 3 is 3.17 bits per heavy atom. The van der Waals surface area contributed by atoms with E-state index in [-0.39, 0.29) is 11.8 Å². The maximum atomic E-state index is 11.9. The van der Waals surface area contributed by atoms with Crippen molar-refractivity contribution >= 4 is 23.1 Å². The molecule has 1 N–H and O–H groups in total. The van der Waals surface area contributed by atoms with Gasteiger partial charge in [-0.2, -0.15) is 9.36 Å². The van der Waals surface area contributed by atoms with Crippen molar-refractivity contribution in [2.45, 2.75) is 18.8 Å². The summed E-state index contributed by atoms with van der Waals surface area (Å²) in [5, 5.41) is 8.71. The van der Waals surface area contributed by atoms with Gasteiger partial charge in [0.2, 0.25) is 23.5 Å². The van der Waals surface area contributed by atoms with E-state index in [1.54, 1.807) is 7.11 Å². The van der Waals surface area contributed by atoms with Gasteiger partial charge in [-0.1, -0.05) is 23.4 Å². The summed E-state index contributed by atoms with van der Waals surface area (Å²) in [6.45, 7) is 0. The van der Waals surface area contributed by atoms with Crippen LogP contribution in [-0.2, 0) is 11.2 Å². The van der Waals surface area contributed by atoms with E-state index in [0.29, 0.717) is 36.0 Å². The normalized spacial score (nSPS) is 16.5. The average Bonchev–Trinajstić information content (AvgIpc) is 3.23. The fourth-order valence-corrected chi connectivity index (χ4v) is 3.50. The third-order valence-electron chi connectivity index (χ3n) is 3.97. The maximum absolute atomic E-state index is 11.9. The van der Waals surface area contributed by atoms with Crippen molar-refractivity contribution in [3.8, 4) is 17.3 Å². The van der Waals surface area contributed by atoms with E-state index in [2.05, 4.69) is 19.8 Å². The monoisotopic (exact) mass is 342 g/mol. The molecular formula is C16H14N4O3S. The molecule has 0 saturated carbocycles. The Labute approximate surface area is 141 Å². The van der Waals surface area contributed by atoms with Crippen LogP contribution in [-0.4, -0.2) is 27.5 Å². The molecule has 1 aromatic carbocycles. The van der Waals surface area contributed by atoms with Crippen molar-refractivity contribution in [3.05, 3.63) is 41.1 Å². The van der Waals surface area contributed by atoms with Gasteiger partial charge in [0.1, 0.15) is 0 Å². The highest BCUT2D eigenvalue weighted by Crippen LogP contribution is 2.35. The quantitative estimate of drug-likeness (QED) is 0.784. The highest BCUT2D eigenvalue weighted by Gasteiger charge is 2.27. The summed E-state index contributed by atoms with van der Waals surface area (Å²) < 4.78 is 14.7. The molecule has 3 aromatic rings. The van der Waals surface area contributed by atoms with Crippen LogP contribution < -0.4 is 10.1 Å². The molecular weight excluding hydrogens is 328 g/mol. The zero-order valence-corrected chi connectivity index (χ0v) is 13.7. The zero-order valence-electron chi connectivity index (χ0n) is 12.9. The number of nitrogens with one attached hydrogen (secondary N) is 1. The summed E-state index contributed by atoms with van der Waals surface area (Å²) in [4.78, 5) is 16.3. The number of hydrogen-bond donors (Lipinski definition) is 1. The van der Waals surface area contributed by atoms with Gasteiger partial charge in [0.15, 0.2) is 0 Å². The second-order valence-electron chi connectivity index (χ2n) is 5.49. The van der Waals surface area contributed by atoms with Gasteiger partial charge in [0, 0.05) is 29.8 Å². The summed E-state index contributed by atoms with van der Waals surface area (Å²) in [5.41, 5.74) is 2.65. The predicted octanol–water partition coefficient (Wildman–Crippen LogP) is 2.87. The maximum Gasteiger partial charge on any atom is 0.236 e. The highest BCUT2D eigenvalue weighted by molar-refractivity contribution is 7.04. The van der Waals surface area contributed by atoms with Gasteiger partial charge in [0.25, 0.3) is 0 Å². The molecule has 0 radical (unpaired) electrons. The first-order valence-electron chi connectivity index (χ1n) is 7.44. The molecule has 1 unspecified atom stereocenters. The molecule has 1 amide bonds. The SMILES string of the molecule is COc1nscc1-c1noc(CC2CC(=O)Nc3ccccc32)n1. The van der Waals surface area contributed by atoms with Crippen LogP contribution in [0.25, 0.3) is 11.4 Å². The molecule has 1 aliphatic heterocycles. The number of anilines is 1. The van der Waals surface area contributed by atoms with Crippen LogP contribution in [0.4, 0.5) is 5.69 Å². The van der Waals surface area contributed by atoms with Gasteiger partial charge >= 0.3 is 0 Å². The fraction of sp³-hybridized carbons (Fsp3) is 0.250. The van der Waals surface area contributed by atoms with Crippen molar-refractivity contribution in [2.75, 3.05) is 12.4 Å². The van der Waals surface area contributed by atoms with Crippen molar-refractivity contribution < 1.29 is 14.1 Å². The van der Waals surface area contributed by atoms with Gasteiger partial charge in [0.05, 0.1) is 12.7 Å². The minimum atomic E-state index is 0.00198. The lowest BCUT2D eigenvalue weighted by molar-refractivity contribution is -0.116. The van der Waals surface area contributed by atoms with Crippen LogP contribution in [0.1, 0.15) is 23.8 Å². The molecule has 122 valence electrons. The van der Waals surface area contributed by atoms with Crippen LogP contribution in [0.2, 0.25) is 0 Å². The Bertz CT molecular complexity index is 889. The second-order valence-corrected chi connectivity index (χ2v) is 6.12. The molecule has 0 bridgehead atoms. The Morgan fingerprint density at radius 2 is 2.29 bits per heavy atom. The van der Waals surface area contributed by atoms with Crippen LogP contribution in [0.3, 0.4) is 0 Å². The summed E-state index contributed by atoms with van der Waals surface area (Å²) in [7, 11) is 1.55. The Hall–Kier alpha value is -2.74. The lowest BCUT2D eigenvalue weighted by atomic mass is 9.88. The van der Waals surface area contributed by atoms with Crippen molar-refractivity contribution in [1.29, 1.82) is 0 Å². The first-order chi connectivity index (χ1) is 11.7. The number of carbonyl (C=O) groups is 1. The smallest absolute Gasteiger partial charge is 0.236 e. The van der Waals surface area contributed by atoms with E-state index in [9.17, 15) is 4.79 Å². The minimum absolute atomic E-state index is 0.00198. The molecule has 7 nitrogen and oxygen atoms in total. The average molecular weight is 342 g/mol. The summed E-state index contributed by atoms with van der Waals surface area (Å²) in [5.74, 6) is 1.44. The van der Waals surface area contributed by atoms with Gasteiger partial charge in [-0.25, -0.2) is 0 Å². The third kappa shape index (κ3) is 2.65. The van der Waals surface area contributed by atoms with Gasteiger partial charge in [-0.05, 0) is 23.2 Å². The number of benzene rings is 1. The number of ether oxygens (including phenoxy) is 1. The largest absolute Gasteiger partial charge is 0.480 e. The predicted molar refractivity (Wildman–Crippen MR) is 88.1 cm³/mol. The Balaban J connectivity index is 1.60. The number of fused-ring (bicyclic) bond motifs is 1. The molecule has 1 aliphatic rings. The number of para-hydroxylation sites is 1. The standard InChI is InChI=1S/C16H14N4O3S/c1-22-16-11(8-24-20-16)15-18-14(23-19-15)7-9-6-13(21)17-12-5-3-2-4-10(9)12/h2-5,8-9H,6-7H2,1H3,(H,17,21). The number of nitrogens with zero attached hydrogens (tertiary/aromatic N) is 3. The summed E-state index contributed by atoms with van der Waals surface area (Å²) >= 11 is 1.27. The molecule has 4 rings (SSSR count). The Morgan fingerprint density at radius 1 is 1.42 bits per heavy atom. The van der Waals surface area contributed by atoms with Gasteiger partial charge < -0.3 is 14.6 Å². The van der Waals surface area contributed by atoms with E-state index in [1.165, 1.54) is 11.5 Å². The van der Waals surface area contributed by atoms with Gasteiger partial charge in [-0.15, -0.1) is 0 Å². The molecule has 24 heavy (non-hydrogen) atoms. The number of amides is 1. The van der Waals surface area contributed by atoms with Crippen molar-refractivity contribution in [3.63, 3.8) is 0 Å². The van der Waals surface area contributed by atoms with Crippen LogP contribution in [0.5, 0.6) is 5.88 Å². The molecule has 2 aromatic heterocycles. The van der Waals surface area contributed by atoms with E-state index in [0.717, 1.165) is 11.3 Å². The number of hydrogen-bond acceptors (Lipinski definition) is 7. The van der Waals surface area contributed by atoms with Crippen molar-refractivity contribution in [2.24, 2.45) is 0 Å². The minimum Gasteiger partial charge on any atom is -0.480 e. The van der Waals surface area contributed by atoms with E-state index in [4.69, 9.17) is 9.26 Å². The van der Waals surface area contributed by atoms with Crippen LogP contribution >= 0.6 is 11.5 Å². The Kier molecular flexibility index (Phi) is 3.73. The molecule has 0 saturated heterocycles. The van der Waals surface area contributed by atoms with Crippen LogP contribution in [0.15, 0.2) is 34.2 Å². The molecule has 1 atom stereocenters. The van der Waals surface area contributed by atoms with E-state index >= 15 is 0 Å². The van der Waals surface area contributed by atoms with E-state index < -0.39 is 0 Å². The number of carbonyl (C=O) groups excluding carboxylic acids is 1. The lowest BCUT2D eigenvalue weighted by Crippen LogP contribution is -2.23. The highest BCUT2D eigenvalue weighted by atomic mass is 32.1. The molecule has 0 spiro atoms. The zero-order chi connectivity index (χ0) is 16.5. The first-order valence-corrected chi connectivity index (χ1v) is 8.28.